The van der Waals surface area contributed by atoms with Crippen LogP contribution >= 0.6 is 15.9 Å². The molecule has 3 heteroatoms. The maximum atomic E-state index is 5.83. The molecule has 1 saturated carbocycles. The van der Waals surface area contributed by atoms with Gasteiger partial charge in [0.2, 0.25) is 0 Å². The molecule has 0 amide bonds. The van der Waals surface area contributed by atoms with Gasteiger partial charge in [-0.05, 0) is 68.7 Å². The maximum Gasteiger partial charge on any atom is 0.0579 e. The molecular weight excluding hydrogens is 314 g/mol. The van der Waals surface area contributed by atoms with E-state index in [1.54, 1.807) is 0 Å². The first-order valence-corrected chi connectivity index (χ1v) is 8.68. The molecule has 2 nitrogen and oxygen atoms in total. The van der Waals surface area contributed by atoms with Crippen molar-refractivity contribution in [2.24, 2.45) is 5.92 Å². The van der Waals surface area contributed by atoms with Gasteiger partial charge in [0.05, 0.1) is 6.10 Å². The van der Waals surface area contributed by atoms with Gasteiger partial charge < -0.3 is 10.1 Å². The van der Waals surface area contributed by atoms with Crippen molar-refractivity contribution >= 4 is 15.9 Å². The second-order valence-electron chi connectivity index (χ2n) is 6.25. The van der Waals surface area contributed by atoms with Gasteiger partial charge in [0, 0.05) is 17.1 Å². The summed E-state index contributed by atoms with van der Waals surface area (Å²) in [6.07, 6.45) is 8.06. The van der Waals surface area contributed by atoms with Crippen molar-refractivity contribution < 1.29 is 4.74 Å². The Labute approximate surface area is 130 Å². The monoisotopic (exact) mass is 337 g/mol. The summed E-state index contributed by atoms with van der Waals surface area (Å²) in [4.78, 5) is 0. The molecule has 1 aromatic carbocycles. The smallest absolute Gasteiger partial charge is 0.0579 e. The van der Waals surface area contributed by atoms with Crippen LogP contribution in [0.1, 0.15) is 37.7 Å². The first-order valence-electron chi connectivity index (χ1n) is 7.89. The van der Waals surface area contributed by atoms with Gasteiger partial charge in [-0.25, -0.2) is 0 Å². The van der Waals surface area contributed by atoms with Crippen LogP contribution < -0.4 is 5.32 Å². The van der Waals surface area contributed by atoms with Crippen molar-refractivity contribution in [2.75, 3.05) is 13.2 Å². The minimum Gasteiger partial charge on any atom is -0.378 e. The molecule has 1 saturated heterocycles. The molecule has 3 rings (SSSR count). The van der Waals surface area contributed by atoms with Crippen molar-refractivity contribution in [3.8, 4) is 0 Å². The van der Waals surface area contributed by atoms with Crippen LogP contribution in [0.5, 0.6) is 0 Å². The predicted molar refractivity (Wildman–Crippen MR) is 86.0 cm³/mol. The molecule has 2 aliphatic rings. The predicted octanol–water partition coefficient (Wildman–Crippen LogP) is 3.93. The fraction of sp³-hybridized carbons (Fsp3) is 0.647. The Morgan fingerprint density at radius 3 is 2.90 bits per heavy atom. The highest BCUT2D eigenvalue weighted by Crippen LogP contribution is 2.25. The summed E-state index contributed by atoms with van der Waals surface area (Å²) in [5.41, 5.74) is 1.43. The summed E-state index contributed by atoms with van der Waals surface area (Å²) in [6.45, 7) is 2.10. The minimum atomic E-state index is 0.494. The van der Waals surface area contributed by atoms with Crippen LogP contribution in [0.15, 0.2) is 28.7 Å². The summed E-state index contributed by atoms with van der Waals surface area (Å²) in [6, 6.07) is 9.52. The zero-order chi connectivity index (χ0) is 13.8. The van der Waals surface area contributed by atoms with E-state index in [0.717, 1.165) is 25.6 Å². The van der Waals surface area contributed by atoms with Gasteiger partial charge in [0.25, 0.3) is 0 Å². The molecule has 1 heterocycles. The van der Waals surface area contributed by atoms with Crippen molar-refractivity contribution in [3.05, 3.63) is 34.3 Å². The lowest BCUT2D eigenvalue weighted by Crippen LogP contribution is -2.28. The maximum absolute atomic E-state index is 5.83. The fourth-order valence-corrected chi connectivity index (χ4v) is 3.51. The standard InChI is InChI=1S/C17H24BrNO/c18-15-4-1-3-13(10-15)9-14(12-19-16-6-7-16)11-17-5-2-8-20-17/h1,3-4,10,14,16-17,19H,2,5-9,11-12H2. The van der Waals surface area contributed by atoms with Gasteiger partial charge in [0.1, 0.15) is 0 Å². The highest BCUT2D eigenvalue weighted by Gasteiger charge is 2.25. The number of rotatable bonds is 7. The number of ether oxygens (including phenoxy) is 1. The molecule has 0 spiro atoms. The fourth-order valence-electron chi connectivity index (χ4n) is 3.06. The van der Waals surface area contributed by atoms with E-state index in [9.17, 15) is 0 Å². The molecule has 1 N–H and O–H groups in total. The Morgan fingerprint density at radius 1 is 1.30 bits per heavy atom. The summed E-state index contributed by atoms with van der Waals surface area (Å²) in [5.74, 6) is 0.688. The van der Waals surface area contributed by atoms with Gasteiger partial charge in [-0.15, -0.1) is 0 Å². The van der Waals surface area contributed by atoms with Crippen LogP contribution in [0.3, 0.4) is 0 Å². The Kier molecular flexibility index (Phi) is 5.14. The van der Waals surface area contributed by atoms with Gasteiger partial charge >= 0.3 is 0 Å². The Hall–Kier alpha value is -0.380. The van der Waals surface area contributed by atoms with Crippen molar-refractivity contribution in [1.82, 2.24) is 5.32 Å². The van der Waals surface area contributed by atoms with Crippen LogP contribution in [-0.2, 0) is 11.2 Å². The first-order chi connectivity index (χ1) is 9.79. The third-order valence-electron chi connectivity index (χ3n) is 4.31. The summed E-state index contributed by atoms with van der Waals surface area (Å²) >= 11 is 3.57. The lowest BCUT2D eigenvalue weighted by Gasteiger charge is -2.21. The molecule has 1 aliphatic carbocycles. The molecule has 2 atom stereocenters. The average molecular weight is 338 g/mol. The van der Waals surface area contributed by atoms with E-state index >= 15 is 0 Å². The van der Waals surface area contributed by atoms with Gasteiger partial charge in [0.15, 0.2) is 0 Å². The van der Waals surface area contributed by atoms with E-state index in [1.165, 1.54) is 42.1 Å². The van der Waals surface area contributed by atoms with Gasteiger partial charge in [-0.1, -0.05) is 28.1 Å². The van der Waals surface area contributed by atoms with Crippen LogP contribution in [0.2, 0.25) is 0 Å². The number of nitrogens with one attached hydrogen (secondary N) is 1. The van der Waals surface area contributed by atoms with Crippen molar-refractivity contribution in [2.45, 2.75) is 50.7 Å². The third kappa shape index (κ3) is 4.57. The van der Waals surface area contributed by atoms with Crippen molar-refractivity contribution in [1.29, 1.82) is 0 Å². The van der Waals surface area contributed by atoms with E-state index in [4.69, 9.17) is 4.74 Å². The molecule has 20 heavy (non-hydrogen) atoms. The first kappa shape index (κ1) is 14.6. The SMILES string of the molecule is Brc1cccc(CC(CNC2CC2)CC2CCCO2)c1. The number of hydrogen-bond donors (Lipinski definition) is 1. The molecule has 0 radical (unpaired) electrons. The third-order valence-corrected chi connectivity index (χ3v) is 4.80. The van der Waals surface area contributed by atoms with E-state index in [0.29, 0.717) is 12.0 Å². The van der Waals surface area contributed by atoms with E-state index < -0.39 is 0 Å². The Morgan fingerprint density at radius 2 is 2.20 bits per heavy atom. The Balaban J connectivity index is 1.57. The normalized spacial score (nSPS) is 23.9. The largest absolute Gasteiger partial charge is 0.378 e. The van der Waals surface area contributed by atoms with Gasteiger partial charge in [-0.3, -0.25) is 0 Å². The summed E-state index contributed by atoms with van der Waals surface area (Å²) in [5, 5.41) is 3.70. The quantitative estimate of drug-likeness (QED) is 0.813. The second kappa shape index (κ2) is 7.06. The highest BCUT2D eigenvalue weighted by molar-refractivity contribution is 9.10. The van der Waals surface area contributed by atoms with Crippen molar-refractivity contribution in [3.63, 3.8) is 0 Å². The zero-order valence-corrected chi connectivity index (χ0v) is 13.6. The van der Waals surface area contributed by atoms with Crippen LogP contribution in [0.25, 0.3) is 0 Å². The average Bonchev–Trinajstić information content (AvgIpc) is 3.12. The molecule has 0 bridgehead atoms. The molecule has 1 aliphatic heterocycles. The lowest BCUT2D eigenvalue weighted by atomic mass is 9.92. The van der Waals surface area contributed by atoms with Crippen LogP contribution in [0, 0.1) is 5.92 Å². The van der Waals surface area contributed by atoms with E-state index in [1.807, 2.05) is 0 Å². The number of halogens is 1. The molecule has 0 aromatic heterocycles. The zero-order valence-electron chi connectivity index (χ0n) is 12.0. The van der Waals surface area contributed by atoms with E-state index in [-0.39, 0.29) is 0 Å². The summed E-state index contributed by atoms with van der Waals surface area (Å²) < 4.78 is 7.01. The van der Waals surface area contributed by atoms with Crippen LogP contribution in [-0.4, -0.2) is 25.3 Å². The minimum absolute atomic E-state index is 0.494. The lowest BCUT2D eigenvalue weighted by molar-refractivity contribution is 0.0892. The molecular formula is C17H24BrNO. The topological polar surface area (TPSA) is 21.3 Å². The highest BCUT2D eigenvalue weighted by atomic mass is 79.9. The van der Waals surface area contributed by atoms with Gasteiger partial charge in [-0.2, -0.15) is 0 Å². The molecule has 1 aromatic rings. The van der Waals surface area contributed by atoms with Crippen LogP contribution in [0.4, 0.5) is 0 Å². The van der Waals surface area contributed by atoms with E-state index in [2.05, 4.69) is 45.5 Å². The summed E-state index contributed by atoms with van der Waals surface area (Å²) in [7, 11) is 0. The number of hydrogen-bond acceptors (Lipinski definition) is 2. The molecule has 110 valence electrons. The Bertz CT molecular complexity index is 427. The number of benzene rings is 1. The second-order valence-corrected chi connectivity index (χ2v) is 7.17. The molecule has 2 unspecified atom stereocenters. The molecule has 2 fully saturated rings.